The molecule has 2 N–H and O–H groups in total. The van der Waals surface area contributed by atoms with Crippen molar-refractivity contribution in [1.29, 1.82) is 0 Å². The van der Waals surface area contributed by atoms with Gasteiger partial charge in [-0.25, -0.2) is 13.1 Å². The van der Waals surface area contributed by atoms with E-state index in [1.54, 1.807) is 19.3 Å². The van der Waals surface area contributed by atoms with Crippen LogP contribution in [-0.4, -0.2) is 37.6 Å². The van der Waals surface area contributed by atoms with Crippen LogP contribution in [-0.2, 0) is 45.4 Å². The molecule has 9 heteroatoms. The number of halogens is 1. The standard InChI is InChI=1S/C26H29ClN2O5S/c1-2-34-26(31)10-5-21-14-20(18-30)15-22(25(21)16-19-4-3-12-28-17-19)11-13-29-35(32,33)24-8-6-23(27)7-9-24/h3-4,6-9,12,14-15,17,29-30H,2,5,10-11,13,16,18H2,1H3. The molecular weight excluding hydrogens is 488 g/mol. The zero-order valence-corrected chi connectivity index (χ0v) is 21.1. The van der Waals surface area contributed by atoms with E-state index in [1.165, 1.54) is 24.3 Å². The molecule has 1 aromatic heterocycles. The lowest BCUT2D eigenvalue weighted by Crippen LogP contribution is -2.26. The van der Waals surface area contributed by atoms with Gasteiger partial charge >= 0.3 is 5.97 Å². The molecule has 0 aliphatic carbocycles. The minimum absolute atomic E-state index is 0.136. The summed E-state index contributed by atoms with van der Waals surface area (Å²) in [6.45, 7) is 2.08. The highest BCUT2D eigenvalue weighted by Gasteiger charge is 2.17. The number of rotatable bonds is 12. The fourth-order valence-corrected chi connectivity index (χ4v) is 4.99. The Morgan fingerprint density at radius 1 is 1.09 bits per heavy atom. The van der Waals surface area contributed by atoms with Gasteiger partial charge in [0, 0.05) is 30.4 Å². The van der Waals surface area contributed by atoms with Gasteiger partial charge in [-0.2, -0.15) is 0 Å². The van der Waals surface area contributed by atoms with Crippen LogP contribution in [0.1, 0.15) is 41.2 Å². The molecule has 7 nitrogen and oxygen atoms in total. The van der Waals surface area contributed by atoms with Crippen LogP contribution < -0.4 is 4.72 Å². The minimum atomic E-state index is -3.70. The normalized spacial score (nSPS) is 11.4. The summed E-state index contributed by atoms with van der Waals surface area (Å²) >= 11 is 5.87. The Balaban J connectivity index is 1.86. The summed E-state index contributed by atoms with van der Waals surface area (Å²) in [5.74, 6) is -0.286. The number of nitrogens with one attached hydrogen (secondary N) is 1. The summed E-state index contributed by atoms with van der Waals surface area (Å²) in [4.78, 5) is 16.3. The summed E-state index contributed by atoms with van der Waals surface area (Å²) in [5.41, 5.74) is 4.51. The van der Waals surface area contributed by atoms with Crippen LogP contribution in [0.3, 0.4) is 0 Å². The summed E-state index contributed by atoms with van der Waals surface area (Å²) in [6.07, 6.45) is 5.12. The van der Waals surface area contributed by atoms with Gasteiger partial charge in [0.25, 0.3) is 0 Å². The Bertz CT molecular complexity index is 1230. The van der Waals surface area contributed by atoms with Crippen molar-refractivity contribution in [3.05, 3.63) is 93.8 Å². The van der Waals surface area contributed by atoms with Gasteiger partial charge in [0.15, 0.2) is 0 Å². The van der Waals surface area contributed by atoms with E-state index >= 15 is 0 Å². The molecule has 35 heavy (non-hydrogen) atoms. The molecule has 2 aromatic carbocycles. The molecule has 0 saturated carbocycles. The van der Waals surface area contributed by atoms with Gasteiger partial charge in [-0.15, -0.1) is 0 Å². The topological polar surface area (TPSA) is 106 Å². The maximum atomic E-state index is 12.7. The van der Waals surface area contributed by atoms with Crippen LogP contribution in [0.25, 0.3) is 0 Å². The molecule has 0 fully saturated rings. The molecule has 1 heterocycles. The SMILES string of the molecule is CCOC(=O)CCc1cc(CO)cc(CCNS(=O)(=O)c2ccc(Cl)cc2)c1Cc1cccnc1. The van der Waals surface area contributed by atoms with Crippen LogP contribution in [0.15, 0.2) is 65.8 Å². The molecule has 0 aliphatic heterocycles. The number of aromatic nitrogens is 1. The predicted molar refractivity (Wildman–Crippen MR) is 135 cm³/mol. The first kappa shape index (κ1) is 26.8. The third-order valence-electron chi connectivity index (χ3n) is 5.49. The summed E-state index contributed by atoms with van der Waals surface area (Å²) in [7, 11) is -3.70. The number of aryl methyl sites for hydroxylation is 1. The second-order valence-corrected chi connectivity index (χ2v) is 10.2. The zero-order valence-electron chi connectivity index (χ0n) is 19.5. The van der Waals surface area contributed by atoms with E-state index in [9.17, 15) is 18.3 Å². The Labute approximate surface area is 211 Å². The molecule has 0 bridgehead atoms. The zero-order chi connectivity index (χ0) is 25.3. The van der Waals surface area contributed by atoms with Crippen LogP contribution in [0, 0.1) is 0 Å². The third-order valence-corrected chi connectivity index (χ3v) is 7.22. The molecule has 0 spiro atoms. The van der Waals surface area contributed by atoms with Gasteiger partial charge < -0.3 is 9.84 Å². The van der Waals surface area contributed by atoms with E-state index < -0.39 is 10.0 Å². The van der Waals surface area contributed by atoms with Gasteiger partial charge in [0.1, 0.15) is 0 Å². The van der Waals surface area contributed by atoms with Crippen molar-refractivity contribution in [3.8, 4) is 0 Å². The summed E-state index contributed by atoms with van der Waals surface area (Å²) < 4.78 is 33.1. The van der Waals surface area contributed by atoms with Crippen molar-refractivity contribution in [2.75, 3.05) is 13.2 Å². The third kappa shape index (κ3) is 7.86. The Morgan fingerprint density at radius 2 is 1.80 bits per heavy atom. The smallest absolute Gasteiger partial charge is 0.306 e. The highest BCUT2D eigenvalue weighted by molar-refractivity contribution is 7.89. The number of ether oxygens (including phenoxy) is 1. The van der Waals surface area contributed by atoms with Crippen molar-refractivity contribution in [2.45, 2.75) is 44.1 Å². The molecule has 0 radical (unpaired) electrons. The number of aliphatic hydroxyl groups is 1. The van der Waals surface area contributed by atoms with Crippen molar-refractivity contribution in [3.63, 3.8) is 0 Å². The van der Waals surface area contributed by atoms with Gasteiger partial charge in [0.05, 0.1) is 18.1 Å². The Hall–Kier alpha value is -2.78. The average molecular weight is 517 g/mol. The summed E-state index contributed by atoms with van der Waals surface area (Å²) in [6, 6.07) is 13.6. The van der Waals surface area contributed by atoms with E-state index in [0.29, 0.717) is 36.5 Å². The number of benzene rings is 2. The van der Waals surface area contributed by atoms with Crippen molar-refractivity contribution in [2.24, 2.45) is 0 Å². The quantitative estimate of drug-likeness (QED) is 0.354. The van der Waals surface area contributed by atoms with Gasteiger partial charge in [-0.1, -0.05) is 29.8 Å². The molecule has 0 unspecified atom stereocenters. The lowest BCUT2D eigenvalue weighted by molar-refractivity contribution is -0.143. The van der Waals surface area contributed by atoms with Crippen LogP contribution >= 0.6 is 11.6 Å². The Kier molecular flexibility index (Phi) is 9.80. The monoisotopic (exact) mass is 516 g/mol. The number of esters is 1. The maximum absolute atomic E-state index is 12.7. The second kappa shape index (κ2) is 12.8. The summed E-state index contributed by atoms with van der Waals surface area (Å²) in [5, 5.41) is 10.3. The number of carbonyl (C=O) groups excluding carboxylic acids is 1. The lowest BCUT2D eigenvalue weighted by Gasteiger charge is -2.18. The molecule has 186 valence electrons. The largest absolute Gasteiger partial charge is 0.466 e. The number of carbonyl (C=O) groups is 1. The first-order valence-electron chi connectivity index (χ1n) is 11.4. The van der Waals surface area contributed by atoms with E-state index in [2.05, 4.69) is 9.71 Å². The molecule has 0 aliphatic rings. The molecular formula is C26H29ClN2O5S. The van der Waals surface area contributed by atoms with Gasteiger partial charge in [-0.05, 0) is 84.3 Å². The predicted octanol–water partition coefficient (Wildman–Crippen LogP) is 3.83. The van der Waals surface area contributed by atoms with Crippen molar-refractivity contribution in [1.82, 2.24) is 9.71 Å². The molecule has 0 atom stereocenters. The molecule has 0 saturated heterocycles. The van der Waals surface area contributed by atoms with Crippen LogP contribution in [0.2, 0.25) is 5.02 Å². The fraction of sp³-hybridized carbons (Fsp3) is 0.308. The van der Waals surface area contributed by atoms with Crippen LogP contribution in [0.5, 0.6) is 0 Å². The van der Waals surface area contributed by atoms with E-state index in [-0.39, 0.29) is 30.4 Å². The van der Waals surface area contributed by atoms with Gasteiger partial charge in [0.2, 0.25) is 10.0 Å². The van der Waals surface area contributed by atoms with Crippen molar-refractivity contribution < 1.29 is 23.1 Å². The van der Waals surface area contributed by atoms with Crippen molar-refractivity contribution >= 4 is 27.6 Å². The van der Waals surface area contributed by atoms with Gasteiger partial charge in [-0.3, -0.25) is 9.78 Å². The van der Waals surface area contributed by atoms with E-state index in [4.69, 9.17) is 16.3 Å². The molecule has 3 aromatic rings. The average Bonchev–Trinajstić information content (AvgIpc) is 2.85. The number of nitrogens with zero attached hydrogens (tertiary/aromatic N) is 1. The number of aliphatic hydroxyl groups excluding tert-OH is 1. The first-order valence-corrected chi connectivity index (χ1v) is 13.2. The number of sulfonamides is 1. The number of hydrogen-bond donors (Lipinski definition) is 2. The second-order valence-electron chi connectivity index (χ2n) is 8.00. The van der Waals surface area contributed by atoms with E-state index in [1.807, 2.05) is 24.3 Å². The highest BCUT2D eigenvalue weighted by atomic mass is 35.5. The van der Waals surface area contributed by atoms with E-state index in [0.717, 1.165) is 22.3 Å². The number of pyridine rings is 1. The first-order chi connectivity index (χ1) is 16.8. The number of hydrogen-bond acceptors (Lipinski definition) is 6. The van der Waals surface area contributed by atoms with Crippen LogP contribution in [0.4, 0.5) is 0 Å². The minimum Gasteiger partial charge on any atom is -0.466 e. The highest BCUT2D eigenvalue weighted by Crippen LogP contribution is 2.24. The fourth-order valence-electron chi connectivity index (χ4n) is 3.83. The molecule has 3 rings (SSSR count). The Morgan fingerprint density at radius 3 is 2.43 bits per heavy atom. The lowest BCUT2D eigenvalue weighted by atomic mass is 9.89. The molecule has 0 amide bonds. The maximum Gasteiger partial charge on any atom is 0.306 e.